The van der Waals surface area contributed by atoms with Gasteiger partial charge in [0.2, 0.25) is 5.91 Å². The molecule has 0 spiro atoms. The highest BCUT2D eigenvalue weighted by molar-refractivity contribution is 8.00. The highest BCUT2D eigenvalue weighted by Gasteiger charge is 2.24. The second-order valence-corrected chi connectivity index (χ2v) is 8.21. The first kappa shape index (κ1) is 23.6. The SMILES string of the molecule is CCOc1ccccc1NC(=O)C(CC)Sc1ncccc1C(=O)Oc1ccccc1Cl. The Morgan fingerprint density at radius 1 is 1.03 bits per heavy atom. The number of nitrogens with one attached hydrogen (secondary N) is 1. The van der Waals surface area contributed by atoms with E-state index in [0.717, 1.165) is 0 Å². The van der Waals surface area contributed by atoms with Crippen molar-refractivity contribution in [3.63, 3.8) is 0 Å². The van der Waals surface area contributed by atoms with Crippen molar-refractivity contribution in [1.82, 2.24) is 4.98 Å². The summed E-state index contributed by atoms with van der Waals surface area (Å²) in [6.45, 7) is 4.27. The van der Waals surface area contributed by atoms with Gasteiger partial charge in [0.05, 0.1) is 28.1 Å². The quantitative estimate of drug-likeness (QED) is 0.239. The molecule has 0 aliphatic rings. The van der Waals surface area contributed by atoms with E-state index in [9.17, 15) is 9.59 Å². The molecule has 3 aromatic rings. The molecule has 6 nitrogen and oxygen atoms in total. The number of aromatic nitrogens is 1. The van der Waals surface area contributed by atoms with Gasteiger partial charge in [-0.2, -0.15) is 0 Å². The van der Waals surface area contributed by atoms with Crippen molar-refractivity contribution in [3.05, 3.63) is 77.4 Å². The Morgan fingerprint density at radius 3 is 2.47 bits per heavy atom. The van der Waals surface area contributed by atoms with Crippen LogP contribution < -0.4 is 14.8 Å². The lowest BCUT2D eigenvalue weighted by molar-refractivity contribution is -0.115. The molecular weight excluding hydrogens is 448 g/mol. The molecule has 166 valence electrons. The van der Waals surface area contributed by atoms with E-state index in [2.05, 4.69) is 10.3 Å². The number of carbonyl (C=O) groups is 2. The van der Waals surface area contributed by atoms with Crippen molar-refractivity contribution in [2.45, 2.75) is 30.5 Å². The second kappa shape index (κ2) is 11.5. The van der Waals surface area contributed by atoms with Gasteiger partial charge in [0.1, 0.15) is 16.5 Å². The van der Waals surface area contributed by atoms with Gasteiger partial charge >= 0.3 is 5.97 Å². The number of thioether (sulfide) groups is 1. The number of halogens is 1. The van der Waals surface area contributed by atoms with Gasteiger partial charge in [0, 0.05) is 6.20 Å². The van der Waals surface area contributed by atoms with Crippen molar-refractivity contribution >= 4 is 40.9 Å². The minimum Gasteiger partial charge on any atom is -0.492 e. The van der Waals surface area contributed by atoms with Gasteiger partial charge in [0.15, 0.2) is 0 Å². The molecule has 0 fully saturated rings. The van der Waals surface area contributed by atoms with Crippen LogP contribution in [0.2, 0.25) is 5.02 Å². The molecule has 3 rings (SSSR count). The van der Waals surface area contributed by atoms with Gasteiger partial charge in [-0.3, -0.25) is 4.79 Å². The molecule has 1 amide bonds. The van der Waals surface area contributed by atoms with Crippen LogP contribution in [0, 0.1) is 0 Å². The average Bonchev–Trinajstić information content (AvgIpc) is 2.80. The fraction of sp³-hybridized carbons (Fsp3) is 0.208. The Kier molecular flexibility index (Phi) is 8.53. The Morgan fingerprint density at radius 2 is 1.75 bits per heavy atom. The lowest BCUT2D eigenvalue weighted by atomic mass is 10.2. The van der Waals surface area contributed by atoms with Gasteiger partial charge < -0.3 is 14.8 Å². The minimum absolute atomic E-state index is 0.208. The molecule has 0 aliphatic carbocycles. The van der Waals surface area contributed by atoms with Gasteiger partial charge in [-0.1, -0.05) is 54.6 Å². The predicted molar refractivity (Wildman–Crippen MR) is 127 cm³/mol. The molecule has 1 unspecified atom stereocenters. The number of hydrogen-bond donors (Lipinski definition) is 1. The van der Waals surface area contributed by atoms with Crippen LogP contribution in [0.25, 0.3) is 0 Å². The van der Waals surface area contributed by atoms with Crippen molar-refractivity contribution < 1.29 is 19.1 Å². The number of amides is 1. The monoisotopic (exact) mass is 470 g/mol. The molecule has 1 atom stereocenters. The summed E-state index contributed by atoms with van der Waals surface area (Å²) in [6, 6.07) is 17.2. The summed E-state index contributed by atoms with van der Waals surface area (Å²) in [6.07, 6.45) is 2.10. The number of pyridine rings is 1. The molecule has 0 bridgehead atoms. The largest absolute Gasteiger partial charge is 0.492 e. The third kappa shape index (κ3) is 6.02. The van der Waals surface area contributed by atoms with Gasteiger partial charge in [0.25, 0.3) is 0 Å². The number of para-hydroxylation sites is 3. The van der Waals surface area contributed by atoms with Crippen molar-refractivity contribution in [2.75, 3.05) is 11.9 Å². The standard InChI is InChI=1S/C24H23ClN2O4S/c1-3-21(22(28)27-18-12-6-8-14-20(18)30-4-2)32-23-16(10-9-15-26-23)24(29)31-19-13-7-5-11-17(19)25/h5-15,21H,3-4H2,1-2H3,(H,27,28). The number of rotatable bonds is 9. The van der Waals surface area contributed by atoms with E-state index < -0.39 is 11.2 Å². The molecule has 1 aromatic heterocycles. The maximum Gasteiger partial charge on any atom is 0.346 e. The highest BCUT2D eigenvalue weighted by atomic mass is 35.5. The van der Waals surface area contributed by atoms with Crippen LogP contribution in [-0.2, 0) is 4.79 Å². The zero-order chi connectivity index (χ0) is 22.9. The van der Waals surface area contributed by atoms with Gasteiger partial charge in [-0.05, 0) is 49.7 Å². The van der Waals surface area contributed by atoms with Crippen LogP contribution in [0.15, 0.2) is 71.9 Å². The van der Waals surface area contributed by atoms with Crippen LogP contribution in [-0.4, -0.2) is 28.7 Å². The molecule has 1 heterocycles. The molecule has 0 saturated heterocycles. The molecule has 32 heavy (non-hydrogen) atoms. The summed E-state index contributed by atoms with van der Waals surface area (Å²) in [7, 11) is 0. The number of anilines is 1. The zero-order valence-electron chi connectivity index (χ0n) is 17.7. The molecule has 0 radical (unpaired) electrons. The van der Waals surface area contributed by atoms with Crippen LogP contribution in [0.4, 0.5) is 5.69 Å². The molecule has 8 heteroatoms. The summed E-state index contributed by atoms with van der Waals surface area (Å²) in [4.78, 5) is 30.1. The van der Waals surface area contributed by atoms with E-state index >= 15 is 0 Å². The van der Waals surface area contributed by atoms with Crippen LogP contribution in [0.1, 0.15) is 30.6 Å². The Hall–Kier alpha value is -3.03. The van der Waals surface area contributed by atoms with Crippen molar-refractivity contribution in [3.8, 4) is 11.5 Å². The van der Waals surface area contributed by atoms with E-state index in [4.69, 9.17) is 21.1 Å². The Labute approximate surface area is 196 Å². The van der Waals surface area contributed by atoms with Gasteiger partial charge in [-0.25, -0.2) is 9.78 Å². The molecule has 1 N–H and O–H groups in total. The highest BCUT2D eigenvalue weighted by Crippen LogP contribution is 2.31. The number of hydrogen-bond acceptors (Lipinski definition) is 6. The molecule has 2 aromatic carbocycles. The van der Waals surface area contributed by atoms with Crippen LogP contribution in [0.3, 0.4) is 0 Å². The summed E-state index contributed by atoms with van der Waals surface area (Å²) in [5.74, 6) is 0.0627. The van der Waals surface area contributed by atoms with E-state index in [-0.39, 0.29) is 17.2 Å². The minimum atomic E-state index is -0.592. The predicted octanol–water partition coefficient (Wildman–Crippen LogP) is 5.86. The van der Waals surface area contributed by atoms with E-state index in [0.29, 0.717) is 34.5 Å². The number of nitrogens with zero attached hydrogens (tertiary/aromatic N) is 1. The average molecular weight is 471 g/mol. The number of ether oxygens (including phenoxy) is 2. The summed E-state index contributed by atoms with van der Waals surface area (Å²) >= 11 is 7.30. The van der Waals surface area contributed by atoms with E-state index in [1.165, 1.54) is 11.8 Å². The second-order valence-electron chi connectivity index (χ2n) is 6.61. The Balaban J connectivity index is 1.76. The first-order valence-corrected chi connectivity index (χ1v) is 11.4. The normalized spacial score (nSPS) is 11.5. The van der Waals surface area contributed by atoms with Gasteiger partial charge in [-0.15, -0.1) is 0 Å². The fourth-order valence-electron chi connectivity index (χ4n) is 2.84. The van der Waals surface area contributed by atoms with E-state index in [1.54, 1.807) is 54.7 Å². The van der Waals surface area contributed by atoms with E-state index in [1.807, 2.05) is 26.0 Å². The first-order valence-electron chi connectivity index (χ1n) is 10.1. The lowest BCUT2D eigenvalue weighted by Crippen LogP contribution is -2.25. The lowest BCUT2D eigenvalue weighted by Gasteiger charge is -2.17. The van der Waals surface area contributed by atoms with Crippen LogP contribution >= 0.6 is 23.4 Å². The van der Waals surface area contributed by atoms with Crippen molar-refractivity contribution in [2.24, 2.45) is 0 Å². The molecular formula is C24H23ClN2O4S. The Bertz CT molecular complexity index is 1090. The third-order valence-corrected chi connectivity index (χ3v) is 6.09. The topological polar surface area (TPSA) is 77.5 Å². The third-order valence-electron chi connectivity index (χ3n) is 4.39. The maximum absolute atomic E-state index is 13.0. The molecule has 0 saturated carbocycles. The maximum atomic E-state index is 13.0. The summed E-state index contributed by atoms with van der Waals surface area (Å²) in [5.41, 5.74) is 0.858. The number of benzene rings is 2. The van der Waals surface area contributed by atoms with Crippen LogP contribution in [0.5, 0.6) is 11.5 Å². The smallest absolute Gasteiger partial charge is 0.346 e. The zero-order valence-corrected chi connectivity index (χ0v) is 19.3. The fourth-order valence-corrected chi connectivity index (χ4v) is 4.02. The number of carbonyl (C=O) groups excluding carboxylic acids is 2. The summed E-state index contributed by atoms with van der Waals surface area (Å²) in [5, 5.41) is 3.17. The van der Waals surface area contributed by atoms with Crippen molar-refractivity contribution in [1.29, 1.82) is 0 Å². The number of esters is 1. The first-order chi connectivity index (χ1) is 15.5. The molecule has 0 aliphatic heterocycles. The summed E-state index contributed by atoms with van der Waals surface area (Å²) < 4.78 is 11.0.